The Balaban J connectivity index is 2.08. The molecule has 0 aliphatic heterocycles. The monoisotopic (exact) mass is 338 g/mol. The summed E-state index contributed by atoms with van der Waals surface area (Å²) in [6, 6.07) is 1.31. The topological polar surface area (TPSA) is 68.3 Å². The predicted octanol–water partition coefficient (Wildman–Crippen LogP) is 3.19. The summed E-state index contributed by atoms with van der Waals surface area (Å²) in [7, 11) is 1.32. The molecular weight excluding hydrogens is 320 g/mol. The Morgan fingerprint density at radius 1 is 1.36 bits per heavy atom. The normalized spacial score (nSPS) is 12.2. The smallest absolute Gasteiger partial charge is 0.328 e. The molecule has 0 aromatic carbocycles. The maximum atomic E-state index is 12.3. The number of carbonyl (C=O) groups excluding carboxylic acids is 2. The van der Waals surface area contributed by atoms with Crippen molar-refractivity contribution in [2.75, 3.05) is 7.11 Å². The van der Waals surface area contributed by atoms with Gasteiger partial charge < -0.3 is 10.1 Å². The van der Waals surface area contributed by atoms with Crippen molar-refractivity contribution in [2.45, 2.75) is 26.3 Å². The molecule has 2 aromatic heterocycles. The molecule has 7 heteroatoms. The molecule has 2 aromatic rings. The van der Waals surface area contributed by atoms with E-state index in [2.05, 4.69) is 10.3 Å². The van der Waals surface area contributed by atoms with E-state index in [1.165, 1.54) is 18.4 Å². The molecule has 1 atom stereocenters. The summed E-state index contributed by atoms with van der Waals surface area (Å²) in [5.74, 6) is -0.523. The Hall–Kier alpha value is -1.73. The maximum Gasteiger partial charge on any atom is 0.328 e. The van der Waals surface area contributed by atoms with E-state index in [1.54, 1.807) is 16.7 Å². The van der Waals surface area contributed by atoms with E-state index in [0.717, 1.165) is 10.6 Å². The fraction of sp³-hybridized carbons (Fsp3) is 0.400. The largest absolute Gasteiger partial charge is 0.467 e. The molecule has 5 nitrogen and oxygen atoms in total. The highest BCUT2D eigenvalue weighted by Gasteiger charge is 2.24. The number of nitrogens with zero attached hydrogens (tertiary/aromatic N) is 1. The number of hydrogen-bond acceptors (Lipinski definition) is 6. The lowest BCUT2D eigenvalue weighted by Gasteiger charge is -2.17. The van der Waals surface area contributed by atoms with Gasteiger partial charge in [-0.1, -0.05) is 13.8 Å². The van der Waals surface area contributed by atoms with Crippen LogP contribution in [0.4, 0.5) is 0 Å². The minimum absolute atomic E-state index is 0.265. The van der Waals surface area contributed by atoms with Crippen LogP contribution < -0.4 is 5.32 Å². The van der Waals surface area contributed by atoms with Gasteiger partial charge in [0, 0.05) is 16.3 Å². The van der Waals surface area contributed by atoms with Crippen LogP contribution in [0.5, 0.6) is 0 Å². The van der Waals surface area contributed by atoms with Gasteiger partial charge in [0.15, 0.2) is 0 Å². The zero-order chi connectivity index (χ0) is 16.1. The van der Waals surface area contributed by atoms with Crippen molar-refractivity contribution in [1.82, 2.24) is 10.3 Å². The number of methoxy groups -OCH3 is 1. The average molecular weight is 338 g/mol. The second-order valence-corrected chi connectivity index (χ2v) is 6.87. The van der Waals surface area contributed by atoms with Gasteiger partial charge in [0.2, 0.25) is 0 Å². The molecule has 22 heavy (non-hydrogen) atoms. The van der Waals surface area contributed by atoms with Crippen LogP contribution in [0.2, 0.25) is 0 Å². The number of amides is 1. The van der Waals surface area contributed by atoms with Crippen molar-refractivity contribution in [3.05, 3.63) is 27.9 Å². The number of esters is 1. The zero-order valence-corrected chi connectivity index (χ0v) is 14.3. The highest BCUT2D eigenvalue weighted by molar-refractivity contribution is 7.14. The van der Waals surface area contributed by atoms with Crippen molar-refractivity contribution >= 4 is 34.6 Å². The van der Waals surface area contributed by atoms with Gasteiger partial charge in [0.05, 0.1) is 7.11 Å². The number of nitrogens with one attached hydrogen (secondary N) is 1. The third-order valence-corrected chi connectivity index (χ3v) is 4.58. The summed E-state index contributed by atoms with van der Waals surface area (Å²) in [6.07, 6.45) is 0.528. The summed E-state index contributed by atoms with van der Waals surface area (Å²) in [6.45, 7) is 3.97. The summed E-state index contributed by atoms with van der Waals surface area (Å²) < 4.78 is 4.74. The molecular formula is C15H18N2O3S2. The van der Waals surface area contributed by atoms with Gasteiger partial charge in [-0.05, 0) is 23.8 Å². The van der Waals surface area contributed by atoms with E-state index >= 15 is 0 Å². The third-order valence-electron chi connectivity index (χ3n) is 3.00. The summed E-state index contributed by atoms with van der Waals surface area (Å²) in [4.78, 5) is 28.4. The first kappa shape index (κ1) is 16.6. The van der Waals surface area contributed by atoms with E-state index in [1.807, 2.05) is 30.7 Å². The van der Waals surface area contributed by atoms with Crippen LogP contribution in [0.1, 0.15) is 30.8 Å². The molecule has 2 rings (SSSR count). The SMILES string of the molecule is COC(=O)C(CC(C)C)NC(=O)c1csc(-c2ccsc2)n1. The lowest BCUT2D eigenvalue weighted by atomic mass is 10.0. The third kappa shape index (κ3) is 4.14. The Bertz CT molecular complexity index is 635. The van der Waals surface area contributed by atoms with Crippen LogP contribution in [0, 0.1) is 5.92 Å². The first-order valence-electron chi connectivity index (χ1n) is 6.88. The molecule has 0 radical (unpaired) electrons. The van der Waals surface area contributed by atoms with Crippen molar-refractivity contribution in [2.24, 2.45) is 5.92 Å². The number of ether oxygens (including phenoxy) is 1. The van der Waals surface area contributed by atoms with E-state index in [-0.39, 0.29) is 11.8 Å². The van der Waals surface area contributed by atoms with Gasteiger partial charge in [0.25, 0.3) is 5.91 Å². The number of aromatic nitrogens is 1. The summed E-state index contributed by atoms with van der Waals surface area (Å²) in [5, 5.41) is 9.15. The maximum absolute atomic E-state index is 12.3. The van der Waals surface area contributed by atoms with E-state index < -0.39 is 12.0 Å². The number of thiophene rings is 1. The van der Waals surface area contributed by atoms with Gasteiger partial charge in [-0.25, -0.2) is 9.78 Å². The average Bonchev–Trinajstić information content (AvgIpc) is 3.15. The van der Waals surface area contributed by atoms with Crippen LogP contribution in [0.25, 0.3) is 10.6 Å². The van der Waals surface area contributed by atoms with Crippen LogP contribution in [-0.4, -0.2) is 30.0 Å². The van der Waals surface area contributed by atoms with Crippen molar-refractivity contribution in [3.63, 3.8) is 0 Å². The lowest BCUT2D eigenvalue weighted by molar-refractivity contribution is -0.143. The first-order chi connectivity index (χ1) is 10.5. The fourth-order valence-corrected chi connectivity index (χ4v) is 3.47. The molecule has 0 aliphatic rings. The fourth-order valence-electron chi connectivity index (χ4n) is 1.96. The molecule has 1 unspecified atom stereocenters. The van der Waals surface area contributed by atoms with Gasteiger partial charge in [-0.3, -0.25) is 4.79 Å². The highest BCUT2D eigenvalue weighted by Crippen LogP contribution is 2.25. The Kier molecular flexibility index (Phi) is 5.68. The Labute approximate surface area is 137 Å². The predicted molar refractivity (Wildman–Crippen MR) is 88.2 cm³/mol. The molecule has 1 amide bonds. The number of hydrogen-bond donors (Lipinski definition) is 1. The molecule has 0 fully saturated rings. The second-order valence-electron chi connectivity index (χ2n) is 5.23. The lowest BCUT2D eigenvalue weighted by Crippen LogP contribution is -2.42. The van der Waals surface area contributed by atoms with Crippen LogP contribution >= 0.6 is 22.7 Å². The molecule has 0 aliphatic carbocycles. The molecule has 0 saturated carbocycles. The second kappa shape index (κ2) is 7.51. The molecule has 118 valence electrons. The minimum atomic E-state index is -0.649. The quantitative estimate of drug-likeness (QED) is 0.821. The molecule has 0 bridgehead atoms. The van der Waals surface area contributed by atoms with Crippen molar-refractivity contribution in [1.29, 1.82) is 0 Å². The zero-order valence-electron chi connectivity index (χ0n) is 12.7. The standard InChI is InChI=1S/C15H18N2O3S2/c1-9(2)6-11(15(19)20-3)16-13(18)12-8-22-14(17-12)10-4-5-21-7-10/h4-5,7-9,11H,6H2,1-3H3,(H,16,18). The van der Waals surface area contributed by atoms with Crippen molar-refractivity contribution < 1.29 is 14.3 Å². The van der Waals surface area contributed by atoms with Gasteiger partial charge in [-0.15, -0.1) is 11.3 Å². The first-order valence-corrected chi connectivity index (χ1v) is 8.70. The van der Waals surface area contributed by atoms with E-state index in [9.17, 15) is 9.59 Å². The number of rotatable bonds is 6. The Morgan fingerprint density at radius 2 is 2.14 bits per heavy atom. The molecule has 2 heterocycles. The van der Waals surface area contributed by atoms with Crippen LogP contribution in [0.3, 0.4) is 0 Å². The van der Waals surface area contributed by atoms with Crippen molar-refractivity contribution in [3.8, 4) is 10.6 Å². The number of carbonyl (C=O) groups is 2. The summed E-state index contributed by atoms with van der Waals surface area (Å²) in [5.41, 5.74) is 1.32. The van der Waals surface area contributed by atoms with Gasteiger partial charge in [-0.2, -0.15) is 11.3 Å². The van der Waals surface area contributed by atoms with E-state index in [4.69, 9.17) is 4.74 Å². The minimum Gasteiger partial charge on any atom is -0.467 e. The molecule has 0 saturated heterocycles. The van der Waals surface area contributed by atoms with Crippen LogP contribution in [-0.2, 0) is 9.53 Å². The molecule has 0 spiro atoms. The highest BCUT2D eigenvalue weighted by atomic mass is 32.1. The Morgan fingerprint density at radius 3 is 2.73 bits per heavy atom. The van der Waals surface area contributed by atoms with Gasteiger partial charge >= 0.3 is 5.97 Å². The molecule has 1 N–H and O–H groups in total. The summed E-state index contributed by atoms with van der Waals surface area (Å²) >= 11 is 2.99. The number of thiazole rings is 1. The van der Waals surface area contributed by atoms with Gasteiger partial charge in [0.1, 0.15) is 16.7 Å². The van der Waals surface area contributed by atoms with E-state index in [0.29, 0.717) is 12.1 Å². The van der Waals surface area contributed by atoms with Crippen LogP contribution in [0.15, 0.2) is 22.2 Å².